The van der Waals surface area contributed by atoms with Gasteiger partial charge in [0.2, 0.25) is 0 Å². The summed E-state index contributed by atoms with van der Waals surface area (Å²) in [6.07, 6.45) is 4.87. The summed E-state index contributed by atoms with van der Waals surface area (Å²) in [5.74, 6) is -0.0919. The van der Waals surface area contributed by atoms with E-state index in [-0.39, 0.29) is 5.91 Å². The molecule has 1 amide bonds. The first-order chi connectivity index (χ1) is 8.98. The zero-order valence-electron chi connectivity index (χ0n) is 11.8. The fourth-order valence-electron chi connectivity index (χ4n) is 2.84. The molecule has 1 aliphatic carbocycles. The SMILES string of the molecule is Cc1cc(C)cc(C(=O)NCC2(O)CCCCC2)c1. The van der Waals surface area contributed by atoms with E-state index < -0.39 is 5.60 Å². The first kappa shape index (κ1) is 14.1. The molecule has 1 aliphatic rings. The molecule has 0 aromatic heterocycles. The molecule has 0 unspecified atom stereocenters. The first-order valence-corrected chi connectivity index (χ1v) is 7.07. The van der Waals surface area contributed by atoms with Crippen molar-refractivity contribution >= 4 is 5.91 Å². The quantitative estimate of drug-likeness (QED) is 0.879. The lowest BCUT2D eigenvalue weighted by atomic mass is 9.85. The van der Waals surface area contributed by atoms with Crippen molar-refractivity contribution in [3.63, 3.8) is 0 Å². The Bertz CT molecular complexity index is 442. The molecule has 0 heterocycles. The van der Waals surface area contributed by atoms with Crippen LogP contribution in [-0.2, 0) is 0 Å². The molecule has 3 nitrogen and oxygen atoms in total. The van der Waals surface area contributed by atoms with Crippen molar-refractivity contribution in [2.24, 2.45) is 0 Å². The van der Waals surface area contributed by atoms with Crippen LogP contribution >= 0.6 is 0 Å². The molecule has 104 valence electrons. The summed E-state index contributed by atoms with van der Waals surface area (Å²) in [6.45, 7) is 4.33. The third-order valence-corrected chi connectivity index (χ3v) is 3.85. The van der Waals surface area contributed by atoms with E-state index in [4.69, 9.17) is 0 Å². The molecule has 0 saturated heterocycles. The van der Waals surface area contributed by atoms with Gasteiger partial charge in [0.15, 0.2) is 0 Å². The minimum absolute atomic E-state index is 0.0919. The van der Waals surface area contributed by atoms with Gasteiger partial charge in [-0.1, -0.05) is 36.5 Å². The Kier molecular flexibility index (Phi) is 4.25. The third kappa shape index (κ3) is 3.80. The number of carbonyl (C=O) groups excluding carboxylic acids is 1. The zero-order valence-corrected chi connectivity index (χ0v) is 11.8. The van der Waals surface area contributed by atoms with Gasteiger partial charge >= 0.3 is 0 Å². The predicted octanol–water partition coefficient (Wildman–Crippen LogP) is 2.73. The van der Waals surface area contributed by atoms with Crippen molar-refractivity contribution in [3.8, 4) is 0 Å². The highest BCUT2D eigenvalue weighted by molar-refractivity contribution is 5.94. The average molecular weight is 261 g/mol. The van der Waals surface area contributed by atoms with E-state index in [1.165, 1.54) is 6.42 Å². The number of hydrogen-bond donors (Lipinski definition) is 2. The smallest absolute Gasteiger partial charge is 0.251 e. The summed E-state index contributed by atoms with van der Waals surface area (Å²) in [5, 5.41) is 13.2. The summed E-state index contributed by atoms with van der Waals surface area (Å²) in [5.41, 5.74) is 2.15. The van der Waals surface area contributed by atoms with Gasteiger partial charge in [-0.25, -0.2) is 0 Å². The number of aliphatic hydroxyl groups is 1. The second-order valence-electron chi connectivity index (χ2n) is 5.84. The van der Waals surface area contributed by atoms with Crippen LogP contribution in [0.15, 0.2) is 18.2 Å². The number of rotatable bonds is 3. The fourth-order valence-corrected chi connectivity index (χ4v) is 2.84. The Morgan fingerprint density at radius 1 is 1.16 bits per heavy atom. The average Bonchev–Trinajstić information content (AvgIpc) is 2.36. The minimum Gasteiger partial charge on any atom is -0.388 e. The van der Waals surface area contributed by atoms with Gasteiger partial charge in [0, 0.05) is 12.1 Å². The van der Waals surface area contributed by atoms with Crippen molar-refractivity contribution in [1.29, 1.82) is 0 Å². The Hall–Kier alpha value is -1.35. The highest BCUT2D eigenvalue weighted by Gasteiger charge is 2.29. The molecule has 1 fully saturated rings. The minimum atomic E-state index is -0.702. The van der Waals surface area contributed by atoms with Gasteiger partial charge in [0.1, 0.15) is 0 Å². The lowest BCUT2D eigenvalue weighted by molar-refractivity contribution is 0.00526. The molecule has 2 N–H and O–H groups in total. The molecular formula is C16H23NO2. The van der Waals surface area contributed by atoms with Crippen LogP contribution in [0.25, 0.3) is 0 Å². The Morgan fingerprint density at radius 2 is 1.74 bits per heavy atom. The summed E-state index contributed by atoms with van der Waals surface area (Å²) in [6, 6.07) is 5.81. The third-order valence-electron chi connectivity index (χ3n) is 3.85. The van der Waals surface area contributed by atoms with Gasteiger partial charge in [-0.2, -0.15) is 0 Å². The number of nitrogens with one attached hydrogen (secondary N) is 1. The Labute approximate surface area is 115 Å². The Balaban J connectivity index is 1.97. The molecule has 1 aromatic carbocycles. The highest BCUT2D eigenvalue weighted by atomic mass is 16.3. The topological polar surface area (TPSA) is 49.3 Å². The van der Waals surface area contributed by atoms with E-state index in [0.717, 1.165) is 36.8 Å². The molecule has 0 spiro atoms. The monoisotopic (exact) mass is 261 g/mol. The van der Waals surface area contributed by atoms with Crippen LogP contribution in [0.5, 0.6) is 0 Å². The summed E-state index contributed by atoms with van der Waals surface area (Å²) in [7, 11) is 0. The number of aryl methyl sites for hydroxylation is 2. The summed E-state index contributed by atoms with van der Waals surface area (Å²) >= 11 is 0. The molecule has 0 atom stereocenters. The van der Waals surface area contributed by atoms with Crippen LogP contribution in [0.4, 0.5) is 0 Å². The number of benzene rings is 1. The van der Waals surface area contributed by atoms with Gasteiger partial charge in [-0.3, -0.25) is 4.79 Å². The molecule has 1 aromatic rings. The highest BCUT2D eigenvalue weighted by Crippen LogP contribution is 2.27. The number of amides is 1. The van der Waals surface area contributed by atoms with Crippen molar-refractivity contribution in [1.82, 2.24) is 5.32 Å². The van der Waals surface area contributed by atoms with Gasteiger partial charge < -0.3 is 10.4 Å². The fraction of sp³-hybridized carbons (Fsp3) is 0.562. The maximum Gasteiger partial charge on any atom is 0.251 e. The van der Waals surface area contributed by atoms with Crippen molar-refractivity contribution in [2.75, 3.05) is 6.54 Å². The van der Waals surface area contributed by atoms with Gasteiger partial charge in [-0.15, -0.1) is 0 Å². The normalized spacial score (nSPS) is 18.1. The van der Waals surface area contributed by atoms with Crippen molar-refractivity contribution in [2.45, 2.75) is 51.6 Å². The van der Waals surface area contributed by atoms with E-state index in [1.807, 2.05) is 32.0 Å². The molecule has 0 aliphatic heterocycles. The lowest BCUT2D eigenvalue weighted by Gasteiger charge is -2.32. The van der Waals surface area contributed by atoms with Crippen molar-refractivity contribution in [3.05, 3.63) is 34.9 Å². The molecule has 0 radical (unpaired) electrons. The van der Waals surface area contributed by atoms with Crippen LogP contribution in [0.1, 0.15) is 53.6 Å². The number of hydrogen-bond acceptors (Lipinski definition) is 2. The molecule has 2 rings (SSSR count). The molecule has 0 bridgehead atoms. The molecule has 19 heavy (non-hydrogen) atoms. The van der Waals surface area contributed by atoms with E-state index in [1.54, 1.807) is 0 Å². The zero-order chi connectivity index (χ0) is 13.9. The lowest BCUT2D eigenvalue weighted by Crippen LogP contribution is -2.44. The maximum atomic E-state index is 12.1. The van der Waals surface area contributed by atoms with Crippen LogP contribution in [0.2, 0.25) is 0 Å². The second kappa shape index (κ2) is 5.74. The van der Waals surface area contributed by atoms with Gasteiger partial charge in [0.25, 0.3) is 5.91 Å². The maximum absolute atomic E-state index is 12.1. The Morgan fingerprint density at radius 3 is 2.32 bits per heavy atom. The summed E-state index contributed by atoms with van der Waals surface area (Å²) in [4.78, 5) is 12.1. The predicted molar refractivity (Wildman–Crippen MR) is 76.3 cm³/mol. The first-order valence-electron chi connectivity index (χ1n) is 7.07. The molecular weight excluding hydrogens is 238 g/mol. The van der Waals surface area contributed by atoms with Crippen LogP contribution < -0.4 is 5.32 Å². The standard InChI is InChI=1S/C16H23NO2/c1-12-8-13(2)10-14(9-12)15(18)17-11-16(19)6-4-3-5-7-16/h8-10,19H,3-7,11H2,1-2H3,(H,17,18). The molecule has 3 heteroatoms. The van der Waals surface area contributed by atoms with E-state index in [0.29, 0.717) is 12.1 Å². The number of carbonyl (C=O) groups is 1. The van der Waals surface area contributed by atoms with E-state index in [9.17, 15) is 9.90 Å². The van der Waals surface area contributed by atoms with Crippen LogP contribution in [0.3, 0.4) is 0 Å². The van der Waals surface area contributed by atoms with E-state index in [2.05, 4.69) is 5.32 Å². The van der Waals surface area contributed by atoms with Crippen molar-refractivity contribution < 1.29 is 9.90 Å². The van der Waals surface area contributed by atoms with Crippen LogP contribution in [-0.4, -0.2) is 23.2 Å². The van der Waals surface area contributed by atoms with Gasteiger partial charge in [0.05, 0.1) is 5.60 Å². The van der Waals surface area contributed by atoms with Gasteiger partial charge in [-0.05, 0) is 38.8 Å². The van der Waals surface area contributed by atoms with Crippen LogP contribution in [0, 0.1) is 13.8 Å². The summed E-state index contributed by atoms with van der Waals surface area (Å²) < 4.78 is 0. The second-order valence-corrected chi connectivity index (χ2v) is 5.84. The molecule has 1 saturated carbocycles. The van der Waals surface area contributed by atoms with E-state index >= 15 is 0 Å². The largest absolute Gasteiger partial charge is 0.388 e.